The van der Waals surface area contributed by atoms with Crippen LogP contribution in [0.5, 0.6) is 5.75 Å². The van der Waals surface area contributed by atoms with Crippen LogP contribution in [0.3, 0.4) is 0 Å². The summed E-state index contributed by atoms with van der Waals surface area (Å²) >= 11 is 1.37. The number of nitrogens with zero attached hydrogens (tertiary/aromatic N) is 1. The van der Waals surface area contributed by atoms with E-state index in [2.05, 4.69) is 5.32 Å². The van der Waals surface area contributed by atoms with Crippen molar-refractivity contribution in [3.05, 3.63) is 51.4 Å². The van der Waals surface area contributed by atoms with Crippen LogP contribution in [0.15, 0.2) is 29.8 Å². The molecule has 0 radical (unpaired) electrons. The molecule has 27 heavy (non-hydrogen) atoms. The largest absolute Gasteiger partial charge is 0.497 e. The normalized spacial score (nSPS) is 13.4. The molecule has 7 heteroatoms. The highest BCUT2D eigenvalue weighted by Gasteiger charge is 2.25. The summed E-state index contributed by atoms with van der Waals surface area (Å²) in [6.07, 6.45) is 5.19. The monoisotopic (exact) mass is 381 g/mol. The van der Waals surface area contributed by atoms with E-state index in [-0.39, 0.29) is 5.57 Å². The first-order valence-electron chi connectivity index (χ1n) is 8.55. The van der Waals surface area contributed by atoms with E-state index in [1.54, 1.807) is 31.4 Å². The zero-order chi connectivity index (χ0) is 19.4. The number of methoxy groups -OCH3 is 1. The molecule has 138 valence electrons. The minimum Gasteiger partial charge on any atom is -0.497 e. The van der Waals surface area contributed by atoms with Gasteiger partial charge in [0, 0.05) is 4.88 Å². The van der Waals surface area contributed by atoms with Gasteiger partial charge in [-0.05, 0) is 55.0 Å². The van der Waals surface area contributed by atoms with Gasteiger partial charge in [-0.25, -0.2) is 0 Å². The minimum atomic E-state index is -0.568. The number of anilines is 1. The van der Waals surface area contributed by atoms with Gasteiger partial charge in [0.1, 0.15) is 22.4 Å². The van der Waals surface area contributed by atoms with E-state index in [1.165, 1.54) is 17.4 Å². The number of nitrogens with one attached hydrogen (secondary N) is 1. The molecule has 1 heterocycles. The standard InChI is InChI=1S/C20H19N3O3S/c1-26-14-6-4-5-12(10-14)9-13(11-21)19(25)23-20-17(18(22)24)15-7-2-3-8-16(15)27-20/h4-6,9-10H,2-3,7-8H2,1H3,(H2,22,24)(H,23,25)/b13-9+. The summed E-state index contributed by atoms with van der Waals surface area (Å²) in [6, 6.07) is 8.96. The van der Waals surface area contributed by atoms with Crippen LogP contribution >= 0.6 is 11.3 Å². The van der Waals surface area contributed by atoms with Gasteiger partial charge in [0.25, 0.3) is 11.8 Å². The Balaban J connectivity index is 1.89. The number of nitriles is 1. The Morgan fingerprint density at radius 2 is 2.11 bits per heavy atom. The van der Waals surface area contributed by atoms with Crippen LogP contribution in [0.1, 0.15) is 39.2 Å². The topological polar surface area (TPSA) is 105 Å². The molecule has 1 aromatic heterocycles. The number of benzene rings is 1. The predicted molar refractivity (Wildman–Crippen MR) is 105 cm³/mol. The van der Waals surface area contributed by atoms with Crippen LogP contribution in [-0.2, 0) is 17.6 Å². The molecule has 0 spiro atoms. The van der Waals surface area contributed by atoms with Crippen molar-refractivity contribution in [2.75, 3.05) is 12.4 Å². The first kappa shape index (κ1) is 18.7. The number of amides is 2. The maximum Gasteiger partial charge on any atom is 0.266 e. The quantitative estimate of drug-likeness (QED) is 0.612. The van der Waals surface area contributed by atoms with E-state index in [0.29, 0.717) is 21.9 Å². The zero-order valence-electron chi connectivity index (χ0n) is 14.9. The highest BCUT2D eigenvalue weighted by molar-refractivity contribution is 7.17. The number of rotatable bonds is 5. The number of aryl methyl sites for hydroxylation is 1. The Bertz CT molecular complexity index is 969. The average Bonchev–Trinajstić information content (AvgIpc) is 3.04. The van der Waals surface area contributed by atoms with E-state index in [0.717, 1.165) is 36.1 Å². The number of carbonyl (C=O) groups is 2. The van der Waals surface area contributed by atoms with Crippen molar-refractivity contribution in [3.63, 3.8) is 0 Å². The Hall–Kier alpha value is -3.11. The lowest BCUT2D eigenvalue weighted by molar-refractivity contribution is -0.112. The van der Waals surface area contributed by atoms with Crippen molar-refractivity contribution >= 4 is 34.2 Å². The first-order valence-corrected chi connectivity index (χ1v) is 9.36. The third-order valence-electron chi connectivity index (χ3n) is 4.41. The molecule has 0 saturated carbocycles. The predicted octanol–water partition coefficient (Wildman–Crippen LogP) is 3.28. The average molecular weight is 381 g/mol. The van der Waals surface area contributed by atoms with Gasteiger partial charge in [-0.3, -0.25) is 9.59 Å². The third-order valence-corrected chi connectivity index (χ3v) is 5.62. The molecule has 2 aromatic rings. The van der Waals surface area contributed by atoms with E-state index >= 15 is 0 Å². The number of nitrogens with two attached hydrogens (primary N) is 1. The first-order chi connectivity index (χ1) is 13.0. The Morgan fingerprint density at radius 1 is 1.33 bits per heavy atom. The molecule has 1 aliphatic rings. The van der Waals surface area contributed by atoms with Crippen molar-refractivity contribution in [2.45, 2.75) is 25.7 Å². The highest BCUT2D eigenvalue weighted by atomic mass is 32.1. The summed E-state index contributed by atoms with van der Waals surface area (Å²) in [7, 11) is 1.55. The Labute approximate surface area is 161 Å². The molecule has 1 aromatic carbocycles. The maximum atomic E-state index is 12.6. The van der Waals surface area contributed by atoms with E-state index in [4.69, 9.17) is 10.5 Å². The van der Waals surface area contributed by atoms with E-state index in [1.807, 2.05) is 6.07 Å². The fourth-order valence-corrected chi connectivity index (χ4v) is 4.42. The molecule has 3 N–H and O–H groups in total. The molecular formula is C20H19N3O3S. The van der Waals surface area contributed by atoms with E-state index in [9.17, 15) is 14.9 Å². The van der Waals surface area contributed by atoms with Crippen molar-refractivity contribution in [1.82, 2.24) is 0 Å². The molecule has 0 saturated heterocycles. The molecule has 6 nitrogen and oxygen atoms in total. The van der Waals surface area contributed by atoms with Crippen molar-refractivity contribution in [1.29, 1.82) is 5.26 Å². The van der Waals surface area contributed by atoms with Gasteiger partial charge in [0.2, 0.25) is 0 Å². The molecule has 1 aliphatic carbocycles. The summed E-state index contributed by atoms with van der Waals surface area (Å²) in [5.41, 5.74) is 7.46. The van der Waals surface area contributed by atoms with Gasteiger partial charge in [-0.2, -0.15) is 5.26 Å². The van der Waals surface area contributed by atoms with Gasteiger partial charge in [0.05, 0.1) is 12.7 Å². The number of thiophene rings is 1. The summed E-state index contributed by atoms with van der Waals surface area (Å²) in [6.45, 7) is 0. The van der Waals surface area contributed by atoms with Crippen LogP contribution in [0.2, 0.25) is 0 Å². The van der Waals surface area contributed by atoms with Gasteiger partial charge in [-0.1, -0.05) is 12.1 Å². The van der Waals surface area contributed by atoms with Gasteiger partial charge in [0.15, 0.2) is 0 Å². The minimum absolute atomic E-state index is 0.0648. The molecule has 0 fully saturated rings. The second-order valence-corrected chi connectivity index (χ2v) is 7.28. The van der Waals surface area contributed by atoms with Crippen molar-refractivity contribution in [2.24, 2.45) is 5.73 Å². The van der Waals surface area contributed by atoms with Crippen LogP contribution < -0.4 is 15.8 Å². The summed E-state index contributed by atoms with van der Waals surface area (Å²) in [5.74, 6) is -0.496. The van der Waals surface area contributed by atoms with Crippen molar-refractivity contribution in [3.8, 4) is 11.8 Å². The maximum absolute atomic E-state index is 12.6. The number of hydrogen-bond acceptors (Lipinski definition) is 5. The molecular weight excluding hydrogens is 362 g/mol. The molecule has 3 rings (SSSR count). The zero-order valence-corrected chi connectivity index (χ0v) is 15.7. The smallest absolute Gasteiger partial charge is 0.266 e. The summed E-state index contributed by atoms with van der Waals surface area (Å²) in [4.78, 5) is 25.6. The SMILES string of the molecule is COc1cccc(/C=C(\C#N)C(=O)Nc2sc3c(c2C(N)=O)CCCC3)c1. The summed E-state index contributed by atoms with van der Waals surface area (Å²) in [5, 5.41) is 12.5. The Kier molecular flexibility index (Phi) is 5.57. The molecule has 0 unspecified atom stereocenters. The fraction of sp³-hybridized carbons (Fsp3) is 0.250. The number of fused-ring (bicyclic) bond motifs is 1. The molecule has 0 bridgehead atoms. The highest BCUT2D eigenvalue weighted by Crippen LogP contribution is 2.38. The number of carbonyl (C=O) groups excluding carboxylic acids is 2. The van der Waals surface area contributed by atoms with E-state index < -0.39 is 11.8 Å². The lowest BCUT2D eigenvalue weighted by atomic mass is 9.95. The molecule has 0 aliphatic heterocycles. The number of hydrogen-bond donors (Lipinski definition) is 2. The van der Waals surface area contributed by atoms with Crippen molar-refractivity contribution < 1.29 is 14.3 Å². The Morgan fingerprint density at radius 3 is 2.81 bits per heavy atom. The number of primary amides is 1. The van der Waals surface area contributed by atoms with Gasteiger partial charge < -0.3 is 15.8 Å². The fourth-order valence-electron chi connectivity index (χ4n) is 3.13. The second-order valence-electron chi connectivity index (χ2n) is 6.18. The summed E-state index contributed by atoms with van der Waals surface area (Å²) < 4.78 is 5.15. The van der Waals surface area contributed by atoms with Crippen LogP contribution in [0, 0.1) is 11.3 Å². The second kappa shape index (κ2) is 8.06. The lowest BCUT2D eigenvalue weighted by Crippen LogP contribution is -2.19. The molecule has 0 atom stereocenters. The van der Waals surface area contributed by atoms with Crippen LogP contribution in [0.25, 0.3) is 6.08 Å². The number of ether oxygens (including phenoxy) is 1. The van der Waals surface area contributed by atoms with Gasteiger partial charge >= 0.3 is 0 Å². The van der Waals surface area contributed by atoms with Crippen LogP contribution in [0.4, 0.5) is 5.00 Å². The third kappa shape index (κ3) is 4.01. The lowest BCUT2D eigenvalue weighted by Gasteiger charge is -2.11. The van der Waals surface area contributed by atoms with Crippen LogP contribution in [-0.4, -0.2) is 18.9 Å². The van der Waals surface area contributed by atoms with Gasteiger partial charge in [-0.15, -0.1) is 11.3 Å². The molecule has 2 amide bonds.